The van der Waals surface area contributed by atoms with E-state index in [9.17, 15) is 8.42 Å². The standard InChI is InChI=1S/C22H15Cl3N2O2S/c1-30(28,29)16-5-2-4-14(12-16)15-8-9-20(19(25)13-15)27-11-10-26-22(27)21-17(23)6-3-7-18(21)24/h2-13H,1H3. The Bertz CT molecular complexity index is 1340. The minimum absolute atomic E-state index is 0.255. The second-order valence-corrected chi connectivity index (χ2v) is 9.92. The third-order valence-corrected chi connectivity index (χ3v) is 6.67. The summed E-state index contributed by atoms with van der Waals surface area (Å²) in [5, 5.41) is 1.44. The Morgan fingerprint density at radius 1 is 0.833 bits per heavy atom. The number of benzene rings is 3. The first kappa shape index (κ1) is 20.9. The maximum atomic E-state index is 11.9. The van der Waals surface area contributed by atoms with Gasteiger partial charge in [0, 0.05) is 18.6 Å². The Labute approximate surface area is 189 Å². The van der Waals surface area contributed by atoms with Crippen molar-refractivity contribution in [1.82, 2.24) is 9.55 Å². The van der Waals surface area contributed by atoms with Gasteiger partial charge in [0.1, 0.15) is 5.82 Å². The minimum Gasteiger partial charge on any atom is -0.298 e. The monoisotopic (exact) mass is 476 g/mol. The van der Waals surface area contributed by atoms with Crippen LogP contribution in [0.25, 0.3) is 28.2 Å². The number of hydrogen-bond donors (Lipinski definition) is 0. The maximum absolute atomic E-state index is 11.9. The number of aromatic nitrogens is 2. The summed E-state index contributed by atoms with van der Waals surface area (Å²) in [6, 6.07) is 17.5. The molecular formula is C22H15Cl3N2O2S. The number of sulfone groups is 1. The fraction of sp³-hybridized carbons (Fsp3) is 0.0455. The molecule has 0 aliphatic rings. The van der Waals surface area contributed by atoms with E-state index in [4.69, 9.17) is 34.8 Å². The van der Waals surface area contributed by atoms with Crippen molar-refractivity contribution in [3.63, 3.8) is 0 Å². The van der Waals surface area contributed by atoms with Crippen molar-refractivity contribution in [3.05, 3.63) is 88.1 Å². The van der Waals surface area contributed by atoms with E-state index in [0.717, 1.165) is 11.1 Å². The number of nitrogens with zero attached hydrogens (tertiary/aromatic N) is 2. The Balaban J connectivity index is 1.79. The van der Waals surface area contributed by atoms with E-state index in [-0.39, 0.29) is 4.90 Å². The first-order chi connectivity index (χ1) is 14.3. The molecule has 3 aromatic carbocycles. The molecule has 0 fully saturated rings. The van der Waals surface area contributed by atoms with Gasteiger partial charge in [0.15, 0.2) is 9.84 Å². The molecule has 1 aromatic heterocycles. The predicted molar refractivity (Wildman–Crippen MR) is 123 cm³/mol. The summed E-state index contributed by atoms with van der Waals surface area (Å²) in [7, 11) is -3.30. The second-order valence-electron chi connectivity index (χ2n) is 6.68. The predicted octanol–water partition coefficient (Wildman–Crippen LogP) is 6.57. The highest BCUT2D eigenvalue weighted by Crippen LogP contribution is 2.36. The summed E-state index contributed by atoms with van der Waals surface area (Å²) in [4.78, 5) is 4.67. The van der Waals surface area contributed by atoms with Gasteiger partial charge in [0.25, 0.3) is 0 Å². The SMILES string of the molecule is CS(=O)(=O)c1cccc(-c2ccc(-n3ccnc3-c3c(Cl)cccc3Cl)c(Cl)c2)c1. The van der Waals surface area contributed by atoms with Crippen LogP contribution in [0.15, 0.2) is 78.0 Å². The second kappa shape index (κ2) is 8.08. The van der Waals surface area contributed by atoms with Crippen LogP contribution in [0.3, 0.4) is 0 Å². The molecule has 30 heavy (non-hydrogen) atoms. The smallest absolute Gasteiger partial charge is 0.175 e. The highest BCUT2D eigenvalue weighted by molar-refractivity contribution is 7.90. The molecule has 0 saturated carbocycles. The lowest BCUT2D eigenvalue weighted by molar-refractivity contribution is 0.602. The van der Waals surface area contributed by atoms with Crippen molar-refractivity contribution >= 4 is 44.6 Å². The molecule has 0 bridgehead atoms. The summed E-state index contributed by atoms with van der Waals surface area (Å²) < 4.78 is 25.5. The highest BCUT2D eigenvalue weighted by atomic mass is 35.5. The first-order valence-corrected chi connectivity index (χ1v) is 11.9. The lowest BCUT2D eigenvalue weighted by Crippen LogP contribution is -1.99. The number of imidazole rings is 1. The van der Waals surface area contributed by atoms with Crippen molar-refractivity contribution in [2.24, 2.45) is 0 Å². The van der Waals surface area contributed by atoms with Crippen LogP contribution < -0.4 is 0 Å². The molecule has 8 heteroatoms. The van der Waals surface area contributed by atoms with Gasteiger partial charge < -0.3 is 0 Å². The van der Waals surface area contributed by atoms with Crippen LogP contribution in [0.4, 0.5) is 0 Å². The molecule has 0 aliphatic heterocycles. The zero-order valence-electron chi connectivity index (χ0n) is 15.7. The number of rotatable bonds is 4. The fourth-order valence-corrected chi connectivity index (χ4v) is 4.69. The van der Waals surface area contributed by atoms with Gasteiger partial charge in [-0.15, -0.1) is 0 Å². The van der Waals surface area contributed by atoms with Gasteiger partial charge in [-0.2, -0.15) is 0 Å². The van der Waals surface area contributed by atoms with Gasteiger partial charge >= 0.3 is 0 Å². The lowest BCUT2D eigenvalue weighted by atomic mass is 10.1. The minimum atomic E-state index is -3.30. The van der Waals surface area contributed by atoms with Crippen molar-refractivity contribution in [1.29, 1.82) is 0 Å². The maximum Gasteiger partial charge on any atom is 0.175 e. The largest absolute Gasteiger partial charge is 0.298 e. The van der Waals surface area contributed by atoms with Crippen molar-refractivity contribution in [2.45, 2.75) is 4.90 Å². The van der Waals surface area contributed by atoms with Crippen LogP contribution >= 0.6 is 34.8 Å². The molecule has 4 aromatic rings. The zero-order valence-corrected chi connectivity index (χ0v) is 18.8. The normalized spacial score (nSPS) is 11.6. The molecule has 4 rings (SSSR count). The Morgan fingerprint density at radius 2 is 1.50 bits per heavy atom. The lowest BCUT2D eigenvalue weighted by Gasteiger charge is -2.13. The molecule has 0 unspecified atom stereocenters. The summed E-state index contributed by atoms with van der Waals surface area (Å²) in [6.07, 6.45) is 4.61. The Morgan fingerprint density at radius 3 is 2.17 bits per heavy atom. The summed E-state index contributed by atoms with van der Waals surface area (Å²) in [5.41, 5.74) is 2.87. The molecular weight excluding hydrogens is 463 g/mol. The van der Waals surface area contributed by atoms with Gasteiger partial charge in [-0.1, -0.05) is 59.1 Å². The van der Waals surface area contributed by atoms with Crippen LogP contribution in [0.5, 0.6) is 0 Å². The van der Waals surface area contributed by atoms with E-state index >= 15 is 0 Å². The summed E-state index contributed by atoms with van der Waals surface area (Å²) >= 11 is 19.3. The van der Waals surface area contributed by atoms with Crippen molar-refractivity contribution < 1.29 is 8.42 Å². The van der Waals surface area contributed by atoms with Gasteiger partial charge in [0.2, 0.25) is 0 Å². The van der Waals surface area contributed by atoms with E-state index in [0.29, 0.717) is 32.1 Å². The molecule has 0 N–H and O–H groups in total. The van der Waals surface area contributed by atoms with E-state index < -0.39 is 9.84 Å². The van der Waals surface area contributed by atoms with Crippen LogP contribution in [0, 0.1) is 0 Å². The van der Waals surface area contributed by atoms with Crippen molar-refractivity contribution in [2.75, 3.05) is 6.26 Å². The van der Waals surface area contributed by atoms with Gasteiger partial charge in [-0.05, 0) is 47.5 Å². The molecule has 0 saturated heterocycles. The van der Waals surface area contributed by atoms with E-state index in [1.165, 1.54) is 6.26 Å². The molecule has 0 aliphatic carbocycles. The average Bonchev–Trinajstić information content (AvgIpc) is 3.16. The molecule has 0 radical (unpaired) electrons. The third kappa shape index (κ3) is 3.98. The van der Waals surface area contributed by atoms with E-state index in [1.54, 1.807) is 54.9 Å². The topological polar surface area (TPSA) is 52.0 Å². The highest BCUT2D eigenvalue weighted by Gasteiger charge is 2.17. The quantitative estimate of drug-likeness (QED) is 0.334. The van der Waals surface area contributed by atoms with Crippen LogP contribution in [-0.4, -0.2) is 24.2 Å². The van der Waals surface area contributed by atoms with Crippen LogP contribution in [-0.2, 0) is 9.84 Å². The van der Waals surface area contributed by atoms with Crippen LogP contribution in [0.2, 0.25) is 15.1 Å². The molecule has 4 nitrogen and oxygen atoms in total. The van der Waals surface area contributed by atoms with Gasteiger partial charge in [-0.25, -0.2) is 13.4 Å². The van der Waals surface area contributed by atoms with E-state index in [1.807, 2.05) is 22.8 Å². The molecule has 1 heterocycles. The first-order valence-electron chi connectivity index (χ1n) is 8.84. The van der Waals surface area contributed by atoms with Gasteiger partial charge in [-0.3, -0.25) is 4.57 Å². The molecule has 152 valence electrons. The molecule has 0 atom stereocenters. The third-order valence-electron chi connectivity index (χ3n) is 4.63. The Hall–Kier alpha value is -2.31. The molecule has 0 amide bonds. The van der Waals surface area contributed by atoms with Gasteiger partial charge in [0.05, 0.1) is 31.2 Å². The Kier molecular flexibility index (Phi) is 5.64. The average molecular weight is 478 g/mol. The number of halogens is 3. The van der Waals surface area contributed by atoms with Crippen molar-refractivity contribution in [3.8, 4) is 28.2 Å². The fourth-order valence-electron chi connectivity index (χ4n) is 3.18. The molecule has 0 spiro atoms. The van der Waals surface area contributed by atoms with E-state index in [2.05, 4.69) is 4.98 Å². The number of hydrogen-bond acceptors (Lipinski definition) is 3. The summed E-state index contributed by atoms with van der Waals surface area (Å²) in [5.74, 6) is 0.569. The summed E-state index contributed by atoms with van der Waals surface area (Å²) in [6.45, 7) is 0. The zero-order chi connectivity index (χ0) is 21.5. The van der Waals surface area contributed by atoms with Crippen LogP contribution in [0.1, 0.15) is 0 Å².